The van der Waals surface area contributed by atoms with Crippen molar-refractivity contribution in [2.24, 2.45) is 5.92 Å². The zero-order chi connectivity index (χ0) is 27.1. The minimum Gasteiger partial charge on any atom is -0.473 e. The van der Waals surface area contributed by atoms with E-state index in [1.54, 1.807) is 24.6 Å². The predicted molar refractivity (Wildman–Crippen MR) is 138 cm³/mol. The number of benzene rings is 1. The molecule has 0 amide bonds. The highest BCUT2D eigenvalue weighted by Crippen LogP contribution is 2.36. The molecule has 0 bridgehead atoms. The minimum absolute atomic E-state index is 0.100. The van der Waals surface area contributed by atoms with E-state index in [0.717, 1.165) is 63.0 Å². The number of fused-ring (bicyclic) bond motifs is 1. The van der Waals surface area contributed by atoms with Gasteiger partial charge in [0.25, 0.3) is 0 Å². The maximum atomic E-state index is 14.0. The Labute approximate surface area is 220 Å². The molecule has 38 heavy (non-hydrogen) atoms. The molecule has 9 heteroatoms. The average Bonchev–Trinajstić information content (AvgIpc) is 3.64. The van der Waals surface area contributed by atoms with Crippen molar-refractivity contribution in [3.05, 3.63) is 65.9 Å². The Morgan fingerprint density at radius 1 is 1.00 bits per heavy atom. The van der Waals surface area contributed by atoms with Crippen LogP contribution in [0.25, 0.3) is 11.0 Å². The van der Waals surface area contributed by atoms with Gasteiger partial charge in [-0.2, -0.15) is 0 Å². The van der Waals surface area contributed by atoms with E-state index < -0.39 is 11.9 Å². The normalized spacial score (nSPS) is 17.6. The Morgan fingerprint density at radius 3 is 2.34 bits per heavy atom. The van der Waals surface area contributed by atoms with Crippen LogP contribution in [0.3, 0.4) is 0 Å². The summed E-state index contributed by atoms with van der Waals surface area (Å²) < 4.78 is 19.6. The van der Waals surface area contributed by atoms with E-state index in [9.17, 15) is 9.18 Å². The number of aromatic nitrogens is 1. The highest BCUT2D eigenvalue weighted by atomic mass is 19.1. The molecule has 0 radical (unpaired) electrons. The lowest BCUT2D eigenvalue weighted by Gasteiger charge is -2.33. The van der Waals surface area contributed by atoms with E-state index in [4.69, 9.17) is 24.2 Å². The molecule has 1 unspecified atom stereocenters. The van der Waals surface area contributed by atoms with Crippen LogP contribution in [0.5, 0.6) is 0 Å². The lowest BCUT2D eigenvalue weighted by molar-refractivity contribution is -0.159. The monoisotopic (exact) mass is 524 g/mol. The van der Waals surface area contributed by atoms with E-state index in [-0.39, 0.29) is 17.7 Å². The highest BCUT2D eigenvalue weighted by molar-refractivity contribution is 6.27. The molecular weight excluding hydrogens is 491 g/mol. The summed E-state index contributed by atoms with van der Waals surface area (Å²) in [7, 11) is 0. The van der Waals surface area contributed by atoms with Crippen LogP contribution in [0, 0.1) is 11.7 Å². The largest absolute Gasteiger partial charge is 0.473 e. The summed E-state index contributed by atoms with van der Waals surface area (Å²) in [5, 5.41) is 15.4. The standard InChI is InChI=1S/C27H31FN2O2.C2H2O4/c28-24-9-8-21(27-22(24)13-18-32-27)19-10-15-30(16-11-19)17-12-23(25-7-3-4-14-29-25)26(31)20-5-1-2-6-20;3-1(4)2(5)6/h3-4,7-9,13-14,18-20,23H,1-2,5-6,10-12,15-17H2;(H,3,4)(H,5,6). The second-order valence-corrected chi connectivity index (χ2v) is 10.0. The first kappa shape index (κ1) is 27.4. The van der Waals surface area contributed by atoms with Crippen LogP contribution in [-0.2, 0) is 14.4 Å². The summed E-state index contributed by atoms with van der Waals surface area (Å²) in [5.74, 6) is -2.99. The van der Waals surface area contributed by atoms with Crippen LogP contribution in [-0.4, -0.2) is 57.5 Å². The third-order valence-electron chi connectivity index (χ3n) is 7.68. The molecule has 1 aromatic carbocycles. The molecule has 5 rings (SSSR count). The first-order valence-electron chi connectivity index (χ1n) is 13.1. The number of pyridine rings is 1. The molecular formula is C29H33FN2O6. The Morgan fingerprint density at radius 2 is 1.71 bits per heavy atom. The van der Waals surface area contributed by atoms with Gasteiger partial charge in [0.1, 0.15) is 17.2 Å². The number of hydrogen-bond acceptors (Lipinski definition) is 6. The average molecular weight is 525 g/mol. The number of aliphatic carboxylic acids is 2. The molecule has 3 aromatic rings. The predicted octanol–water partition coefficient (Wildman–Crippen LogP) is 5.24. The second kappa shape index (κ2) is 12.8. The molecule has 1 atom stereocenters. The fraction of sp³-hybridized carbons (Fsp3) is 0.448. The maximum Gasteiger partial charge on any atom is 0.414 e. The van der Waals surface area contributed by atoms with E-state index in [1.807, 2.05) is 24.3 Å². The zero-order valence-corrected chi connectivity index (χ0v) is 21.2. The van der Waals surface area contributed by atoms with E-state index >= 15 is 0 Å². The Bertz CT molecular complexity index is 1230. The molecule has 3 heterocycles. The third-order valence-corrected chi connectivity index (χ3v) is 7.68. The molecule has 1 saturated heterocycles. The number of ketones is 1. The van der Waals surface area contributed by atoms with Crippen molar-refractivity contribution in [3.63, 3.8) is 0 Å². The molecule has 1 saturated carbocycles. The maximum absolute atomic E-state index is 14.0. The molecule has 2 N–H and O–H groups in total. The van der Waals surface area contributed by atoms with Crippen molar-refractivity contribution in [2.45, 2.75) is 56.8 Å². The van der Waals surface area contributed by atoms with Gasteiger partial charge in [-0.25, -0.2) is 14.0 Å². The van der Waals surface area contributed by atoms with Crippen molar-refractivity contribution in [2.75, 3.05) is 19.6 Å². The number of halogens is 1. The number of Topliss-reactive ketones (excluding diaryl/α,β-unsaturated/α-hetero) is 1. The van der Waals surface area contributed by atoms with E-state index in [0.29, 0.717) is 22.7 Å². The number of likely N-dealkylation sites (tertiary alicyclic amines) is 1. The van der Waals surface area contributed by atoms with Gasteiger partial charge >= 0.3 is 11.9 Å². The number of carbonyl (C=O) groups is 3. The highest BCUT2D eigenvalue weighted by Gasteiger charge is 2.32. The number of nitrogens with zero attached hydrogens (tertiary/aromatic N) is 2. The molecule has 0 spiro atoms. The molecule has 2 aliphatic rings. The SMILES string of the molecule is O=C(C1CCCC1)C(CCN1CCC(c2ccc(F)c3ccoc23)CC1)c1ccccn1.O=C(O)C(=O)O. The minimum atomic E-state index is -1.82. The fourth-order valence-corrected chi connectivity index (χ4v) is 5.66. The summed E-state index contributed by atoms with van der Waals surface area (Å²) in [5.41, 5.74) is 2.74. The van der Waals surface area contributed by atoms with Gasteiger partial charge in [-0.15, -0.1) is 0 Å². The van der Waals surface area contributed by atoms with Crippen LogP contribution in [0.4, 0.5) is 4.39 Å². The quantitative estimate of drug-likeness (QED) is 0.403. The van der Waals surface area contributed by atoms with Crippen molar-refractivity contribution < 1.29 is 33.4 Å². The van der Waals surface area contributed by atoms with Gasteiger partial charge < -0.3 is 19.5 Å². The number of carbonyl (C=O) groups excluding carboxylic acids is 1. The van der Waals surface area contributed by atoms with Crippen molar-refractivity contribution >= 4 is 28.7 Å². The molecule has 1 aliphatic heterocycles. The number of rotatable bonds is 7. The fourth-order valence-electron chi connectivity index (χ4n) is 5.66. The van der Waals surface area contributed by atoms with E-state index in [1.165, 1.54) is 12.8 Å². The summed E-state index contributed by atoms with van der Waals surface area (Å²) in [6.07, 6.45) is 10.7. The van der Waals surface area contributed by atoms with Gasteiger partial charge in [-0.05, 0) is 87.5 Å². The van der Waals surface area contributed by atoms with E-state index in [2.05, 4.69) is 9.88 Å². The smallest absolute Gasteiger partial charge is 0.414 e. The van der Waals surface area contributed by atoms with Crippen molar-refractivity contribution in [3.8, 4) is 0 Å². The van der Waals surface area contributed by atoms with Gasteiger partial charge in [0.15, 0.2) is 0 Å². The Kier molecular flexibility index (Phi) is 9.23. The zero-order valence-electron chi connectivity index (χ0n) is 21.2. The molecule has 1 aliphatic carbocycles. The summed E-state index contributed by atoms with van der Waals surface area (Å²) in [6.45, 7) is 2.87. The third kappa shape index (κ3) is 6.64. The van der Waals surface area contributed by atoms with Crippen LogP contribution in [0.2, 0.25) is 0 Å². The van der Waals surface area contributed by atoms with Gasteiger partial charge in [0.05, 0.1) is 23.3 Å². The van der Waals surface area contributed by atoms with Crippen molar-refractivity contribution in [1.82, 2.24) is 9.88 Å². The van der Waals surface area contributed by atoms with Gasteiger partial charge in [-0.3, -0.25) is 9.78 Å². The Hall–Kier alpha value is -3.59. The summed E-state index contributed by atoms with van der Waals surface area (Å²) >= 11 is 0. The molecule has 8 nitrogen and oxygen atoms in total. The number of carboxylic acids is 2. The number of hydrogen-bond donors (Lipinski definition) is 2. The number of carboxylic acid groups (broad SMARTS) is 2. The topological polar surface area (TPSA) is 121 Å². The first-order chi connectivity index (χ1) is 18.3. The van der Waals surface area contributed by atoms with Gasteiger partial charge in [0, 0.05) is 12.1 Å². The lowest BCUT2D eigenvalue weighted by atomic mass is 9.85. The number of furan rings is 1. The lowest BCUT2D eigenvalue weighted by Crippen LogP contribution is -2.35. The Balaban J connectivity index is 0.000000505. The van der Waals surface area contributed by atoms with Crippen molar-refractivity contribution in [1.29, 1.82) is 0 Å². The summed E-state index contributed by atoms with van der Waals surface area (Å²) in [4.78, 5) is 38.5. The van der Waals surface area contributed by atoms with Crippen LogP contribution < -0.4 is 0 Å². The first-order valence-corrected chi connectivity index (χ1v) is 13.1. The van der Waals surface area contributed by atoms with Crippen LogP contribution in [0.15, 0.2) is 53.3 Å². The number of piperidine rings is 1. The summed E-state index contributed by atoms with van der Waals surface area (Å²) in [6, 6.07) is 11.1. The molecule has 2 fully saturated rings. The second-order valence-electron chi connectivity index (χ2n) is 10.0. The van der Waals surface area contributed by atoms with Crippen LogP contribution >= 0.6 is 0 Å². The van der Waals surface area contributed by atoms with Gasteiger partial charge in [-0.1, -0.05) is 25.0 Å². The molecule has 202 valence electrons. The molecule has 2 aromatic heterocycles. The van der Waals surface area contributed by atoms with Gasteiger partial charge in [0.2, 0.25) is 0 Å². The van der Waals surface area contributed by atoms with Crippen LogP contribution in [0.1, 0.15) is 68.0 Å².